The number of hydrogen-bond acceptors (Lipinski definition) is 3. The van der Waals surface area contributed by atoms with Crippen molar-refractivity contribution in [2.75, 3.05) is 19.9 Å². The van der Waals surface area contributed by atoms with E-state index in [1.165, 1.54) is 0 Å². The molecule has 0 radical (unpaired) electrons. The summed E-state index contributed by atoms with van der Waals surface area (Å²) in [6, 6.07) is 3.43. The average Bonchev–Trinajstić information content (AvgIpc) is 2.44. The quantitative estimate of drug-likeness (QED) is 0.568. The van der Waals surface area contributed by atoms with Gasteiger partial charge in [-0.15, -0.1) is 0 Å². The van der Waals surface area contributed by atoms with Crippen LogP contribution in [0.1, 0.15) is 31.4 Å². The standard InChI is InChI=1S/C16H25ClN2O3/c1-11(2)21-7-5-6-18-16(20)19-10-22-14-8-12(3)15(17)13(4)9-14/h8-9,11H,5-7,10H2,1-4H3,(H2,18,19,20). The summed E-state index contributed by atoms with van der Waals surface area (Å²) in [5.74, 6) is 0.685. The zero-order chi connectivity index (χ0) is 16.5. The van der Waals surface area contributed by atoms with Crippen molar-refractivity contribution in [1.29, 1.82) is 0 Å². The summed E-state index contributed by atoms with van der Waals surface area (Å²) in [5, 5.41) is 6.12. The van der Waals surface area contributed by atoms with E-state index >= 15 is 0 Å². The van der Waals surface area contributed by atoms with Gasteiger partial charge in [0.1, 0.15) is 5.75 Å². The van der Waals surface area contributed by atoms with Gasteiger partial charge in [-0.3, -0.25) is 0 Å². The Morgan fingerprint density at radius 2 is 1.86 bits per heavy atom. The molecule has 1 aromatic carbocycles. The van der Waals surface area contributed by atoms with Crippen LogP contribution in [-0.4, -0.2) is 32.0 Å². The van der Waals surface area contributed by atoms with E-state index in [-0.39, 0.29) is 18.9 Å². The van der Waals surface area contributed by atoms with Crippen LogP contribution in [-0.2, 0) is 4.74 Å². The minimum atomic E-state index is -0.257. The zero-order valence-corrected chi connectivity index (χ0v) is 14.4. The predicted octanol–water partition coefficient (Wildman–Crippen LogP) is 3.41. The van der Waals surface area contributed by atoms with Crippen molar-refractivity contribution < 1.29 is 14.3 Å². The maximum absolute atomic E-state index is 11.6. The topological polar surface area (TPSA) is 59.6 Å². The number of amides is 2. The molecule has 1 rings (SSSR count). The molecule has 1 aromatic rings. The summed E-state index contributed by atoms with van der Waals surface area (Å²) >= 11 is 6.09. The molecule has 2 amide bonds. The number of hydrogen-bond donors (Lipinski definition) is 2. The lowest BCUT2D eigenvalue weighted by molar-refractivity contribution is 0.0774. The number of benzene rings is 1. The number of aryl methyl sites for hydroxylation is 2. The summed E-state index contributed by atoms with van der Waals surface area (Å²) in [5.41, 5.74) is 1.90. The van der Waals surface area contributed by atoms with Gasteiger partial charge in [-0.1, -0.05) is 11.6 Å². The molecule has 0 saturated heterocycles. The van der Waals surface area contributed by atoms with E-state index in [1.807, 2.05) is 39.8 Å². The van der Waals surface area contributed by atoms with E-state index in [4.69, 9.17) is 21.1 Å². The van der Waals surface area contributed by atoms with Gasteiger partial charge in [0.15, 0.2) is 6.73 Å². The molecule has 0 aliphatic rings. The molecule has 0 fully saturated rings. The van der Waals surface area contributed by atoms with Crippen molar-refractivity contribution in [3.8, 4) is 5.75 Å². The van der Waals surface area contributed by atoms with Crippen molar-refractivity contribution >= 4 is 17.6 Å². The summed E-state index contributed by atoms with van der Waals surface area (Å²) in [6.07, 6.45) is 0.996. The molecule has 124 valence electrons. The summed E-state index contributed by atoms with van der Waals surface area (Å²) in [7, 11) is 0. The molecule has 2 N–H and O–H groups in total. The molecule has 22 heavy (non-hydrogen) atoms. The smallest absolute Gasteiger partial charge is 0.317 e. The van der Waals surface area contributed by atoms with Crippen molar-refractivity contribution in [1.82, 2.24) is 10.6 Å². The van der Waals surface area contributed by atoms with Crippen LogP contribution < -0.4 is 15.4 Å². The molecule has 0 aliphatic carbocycles. The van der Waals surface area contributed by atoms with Gasteiger partial charge in [-0.2, -0.15) is 0 Å². The first-order valence-electron chi connectivity index (χ1n) is 7.43. The van der Waals surface area contributed by atoms with E-state index in [0.29, 0.717) is 18.9 Å². The maximum Gasteiger partial charge on any atom is 0.317 e. The molecule has 0 atom stereocenters. The third kappa shape index (κ3) is 7.00. The zero-order valence-electron chi connectivity index (χ0n) is 13.7. The number of nitrogens with one attached hydrogen (secondary N) is 2. The van der Waals surface area contributed by atoms with E-state index in [1.54, 1.807) is 0 Å². The molecule has 0 unspecified atom stereocenters. The molecule has 0 heterocycles. The fraction of sp³-hybridized carbons (Fsp3) is 0.562. The Labute approximate surface area is 137 Å². The Hall–Kier alpha value is -1.46. The van der Waals surface area contributed by atoms with Crippen LogP contribution in [0.25, 0.3) is 0 Å². The minimum absolute atomic E-state index is 0.106. The first-order chi connectivity index (χ1) is 10.4. The van der Waals surface area contributed by atoms with Crippen molar-refractivity contribution in [2.24, 2.45) is 0 Å². The second kappa shape index (κ2) is 9.54. The molecule has 5 nitrogen and oxygen atoms in total. The normalized spacial score (nSPS) is 10.6. The minimum Gasteiger partial charge on any atom is -0.473 e. The van der Waals surface area contributed by atoms with E-state index in [0.717, 1.165) is 22.6 Å². The van der Waals surface area contributed by atoms with E-state index in [9.17, 15) is 4.79 Å². The van der Waals surface area contributed by atoms with Crippen LogP contribution >= 0.6 is 11.6 Å². The van der Waals surface area contributed by atoms with E-state index in [2.05, 4.69) is 10.6 Å². The third-order valence-electron chi connectivity index (χ3n) is 2.94. The van der Waals surface area contributed by atoms with Crippen LogP contribution in [0, 0.1) is 13.8 Å². The van der Waals surface area contributed by atoms with Gasteiger partial charge in [-0.25, -0.2) is 4.79 Å². The molecule has 0 saturated carbocycles. The number of rotatable bonds is 8. The van der Waals surface area contributed by atoms with E-state index < -0.39 is 0 Å². The molecule has 6 heteroatoms. The first-order valence-corrected chi connectivity index (χ1v) is 7.80. The largest absolute Gasteiger partial charge is 0.473 e. The van der Waals surface area contributed by atoms with Crippen molar-refractivity contribution in [3.63, 3.8) is 0 Å². The van der Waals surface area contributed by atoms with Crippen molar-refractivity contribution in [2.45, 2.75) is 40.2 Å². The highest BCUT2D eigenvalue weighted by Gasteiger charge is 2.04. The lowest BCUT2D eigenvalue weighted by Gasteiger charge is -2.12. The highest BCUT2D eigenvalue weighted by molar-refractivity contribution is 6.32. The molecular formula is C16H25ClN2O3. The van der Waals surface area contributed by atoms with Crippen LogP contribution in [0.3, 0.4) is 0 Å². The Kier molecular flexibility index (Phi) is 8.06. The second-order valence-corrected chi connectivity index (χ2v) is 5.74. The Bertz CT molecular complexity index is 469. The van der Waals surface area contributed by atoms with Gasteiger partial charge >= 0.3 is 6.03 Å². The second-order valence-electron chi connectivity index (χ2n) is 5.37. The lowest BCUT2D eigenvalue weighted by atomic mass is 10.1. The van der Waals surface area contributed by atoms with Gasteiger partial charge in [0.2, 0.25) is 0 Å². The SMILES string of the molecule is Cc1cc(OCNC(=O)NCCCOC(C)C)cc(C)c1Cl. The fourth-order valence-electron chi connectivity index (χ4n) is 1.83. The van der Waals surface area contributed by atoms with Crippen molar-refractivity contribution in [3.05, 3.63) is 28.3 Å². The van der Waals surface area contributed by atoms with Gasteiger partial charge in [0, 0.05) is 18.2 Å². The summed E-state index contributed by atoms with van der Waals surface area (Å²) < 4.78 is 10.9. The molecule has 0 bridgehead atoms. The van der Waals surface area contributed by atoms with Crippen LogP contribution in [0.4, 0.5) is 4.79 Å². The number of carbonyl (C=O) groups excluding carboxylic acids is 1. The summed E-state index contributed by atoms with van der Waals surface area (Å²) in [4.78, 5) is 11.6. The molecular weight excluding hydrogens is 304 g/mol. The number of halogens is 1. The number of ether oxygens (including phenoxy) is 2. The lowest BCUT2D eigenvalue weighted by Crippen LogP contribution is -2.38. The Morgan fingerprint density at radius 1 is 1.23 bits per heavy atom. The Balaban J connectivity index is 2.20. The van der Waals surface area contributed by atoms with Crippen LogP contribution in [0.2, 0.25) is 5.02 Å². The third-order valence-corrected chi connectivity index (χ3v) is 3.54. The first kappa shape index (κ1) is 18.6. The molecule has 0 aromatic heterocycles. The maximum atomic E-state index is 11.6. The fourth-order valence-corrected chi connectivity index (χ4v) is 1.94. The van der Waals surface area contributed by atoms with Gasteiger partial charge < -0.3 is 20.1 Å². The number of carbonyl (C=O) groups is 1. The van der Waals surface area contributed by atoms with Gasteiger partial charge in [0.05, 0.1) is 6.10 Å². The highest BCUT2D eigenvalue weighted by Crippen LogP contribution is 2.25. The average molecular weight is 329 g/mol. The van der Waals surface area contributed by atoms with Gasteiger partial charge in [-0.05, 0) is 57.4 Å². The predicted molar refractivity (Wildman–Crippen MR) is 88.7 cm³/mol. The van der Waals surface area contributed by atoms with Crippen LogP contribution in [0.5, 0.6) is 5.75 Å². The van der Waals surface area contributed by atoms with Gasteiger partial charge in [0.25, 0.3) is 0 Å². The summed E-state index contributed by atoms with van der Waals surface area (Å²) in [6.45, 7) is 9.11. The number of urea groups is 1. The highest BCUT2D eigenvalue weighted by atomic mass is 35.5. The Morgan fingerprint density at radius 3 is 2.45 bits per heavy atom. The monoisotopic (exact) mass is 328 g/mol. The van der Waals surface area contributed by atoms with Crippen LogP contribution in [0.15, 0.2) is 12.1 Å². The molecule has 0 spiro atoms. The molecule has 0 aliphatic heterocycles.